The molecule has 1 aromatic carbocycles. The van der Waals surface area contributed by atoms with E-state index >= 15 is 0 Å². The molecule has 0 aliphatic heterocycles. The van der Waals surface area contributed by atoms with E-state index in [1.165, 1.54) is 21.3 Å². The number of rotatable bonds is 8. The molecule has 0 aliphatic rings. The highest BCUT2D eigenvalue weighted by Crippen LogP contribution is 2.41. The van der Waals surface area contributed by atoms with Crippen LogP contribution >= 0.6 is 0 Å². The van der Waals surface area contributed by atoms with Crippen LogP contribution in [0.15, 0.2) is 12.1 Å². The zero-order valence-corrected chi connectivity index (χ0v) is 12.8. The number of carboxylic acids is 1. The van der Waals surface area contributed by atoms with Gasteiger partial charge in [0.1, 0.15) is 0 Å². The van der Waals surface area contributed by atoms with E-state index in [1.54, 1.807) is 12.1 Å². The molecule has 0 spiro atoms. The number of ether oxygens (including phenoxy) is 3. The van der Waals surface area contributed by atoms with Crippen molar-refractivity contribution in [2.45, 2.75) is 25.9 Å². The minimum Gasteiger partial charge on any atom is -0.493 e. The summed E-state index contributed by atoms with van der Waals surface area (Å²) in [7, 11) is 4.41. The van der Waals surface area contributed by atoms with Crippen molar-refractivity contribution in [3.05, 3.63) is 17.7 Å². The van der Waals surface area contributed by atoms with Crippen LogP contribution in [0.5, 0.6) is 17.2 Å². The van der Waals surface area contributed by atoms with Crippen LogP contribution in [0.4, 0.5) is 0 Å². The smallest absolute Gasteiger partial charge is 0.309 e. The molecule has 118 valence electrons. The van der Waals surface area contributed by atoms with Crippen LogP contribution < -0.4 is 14.2 Å². The molecule has 21 heavy (non-hydrogen) atoms. The largest absolute Gasteiger partial charge is 0.493 e. The fourth-order valence-electron chi connectivity index (χ4n) is 2.23. The third-order valence-electron chi connectivity index (χ3n) is 3.33. The second kappa shape index (κ2) is 7.73. The summed E-state index contributed by atoms with van der Waals surface area (Å²) in [4.78, 5) is 11.3. The first-order valence-electron chi connectivity index (χ1n) is 6.70. The minimum atomic E-state index is -1.14. The number of carboxylic acid groups (broad SMARTS) is 1. The van der Waals surface area contributed by atoms with Gasteiger partial charge in [0.25, 0.3) is 0 Å². The van der Waals surface area contributed by atoms with Crippen LogP contribution in [0, 0.1) is 5.92 Å². The molecule has 1 aromatic rings. The Balaban J connectivity index is 3.25. The lowest BCUT2D eigenvalue weighted by atomic mass is 9.91. The number of carbonyl (C=O) groups is 1. The molecule has 0 bridgehead atoms. The molecule has 0 radical (unpaired) electrons. The summed E-state index contributed by atoms with van der Waals surface area (Å²) in [6, 6.07) is 3.13. The van der Waals surface area contributed by atoms with E-state index in [4.69, 9.17) is 14.2 Å². The van der Waals surface area contributed by atoms with Crippen molar-refractivity contribution in [1.82, 2.24) is 0 Å². The lowest BCUT2D eigenvalue weighted by molar-refractivity contribution is -0.146. The Bertz CT molecular complexity index is 460. The summed E-state index contributed by atoms with van der Waals surface area (Å²) in [5.41, 5.74) is 0.422. The Kier molecular flexibility index (Phi) is 6.30. The fourth-order valence-corrected chi connectivity index (χ4v) is 2.23. The number of hydrogen-bond donors (Lipinski definition) is 2. The first-order valence-corrected chi connectivity index (χ1v) is 6.70. The molecule has 0 heterocycles. The average molecular weight is 298 g/mol. The third-order valence-corrected chi connectivity index (χ3v) is 3.33. The van der Waals surface area contributed by atoms with Gasteiger partial charge in [-0.25, -0.2) is 0 Å². The molecular formula is C15H22O6. The summed E-state index contributed by atoms with van der Waals surface area (Å²) >= 11 is 0. The second-order valence-corrected chi connectivity index (χ2v) is 4.64. The van der Waals surface area contributed by atoms with Gasteiger partial charge in [-0.05, 0) is 24.1 Å². The predicted octanol–water partition coefficient (Wildman–Crippen LogP) is 2.25. The van der Waals surface area contributed by atoms with Gasteiger partial charge in [0, 0.05) is 0 Å². The van der Waals surface area contributed by atoms with E-state index in [9.17, 15) is 15.0 Å². The Hall–Kier alpha value is -1.95. The minimum absolute atomic E-state index is 0.381. The maximum atomic E-state index is 11.3. The van der Waals surface area contributed by atoms with Crippen molar-refractivity contribution < 1.29 is 29.2 Å². The summed E-state index contributed by atoms with van der Waals surface area (Å²) in [5, 5.41) is 19.6. The topological polar surface area (TPSA) is 85.2 Å². The molecule has 2 unspecified atom stereocenters. The molecule has 0 aliphatic carbocycles. The van der Waals surface area contributed by atoms with Gasteiger partial charge in [-0.1, -0.05) is 13.3 Å². The maximum Gasteiger partial charge on any atom is 0.309 e. The molecular weight excluding hydrogens is 276 g/mol. The molecule has 2 atom stereocenters. The first kappa shape index (κ1) is 17.1. The number of hydrogen-bond acceptors (Lipinski definition) is 5. The van der Waals surface area contributed by atoms with Crippen LogP contribution in [0.3, 0.4) is 0 Å². The SMILES string of the molecule is CCCC(C(=O)O)C(O)c1cc(OC)c(OC)c(OC)c1. The van der Waals surface area contributed by atoms with E-state index in [-0.39, 0.29) is 0 Å². The van der Waals surface area contributed by atoms with Crippen LogP contribution in [-0.4, -0.2) is 37.5 Å². The van der Waals surface area contributed by atoms with Gasteiger partial charge in [-0.3, -0.25) is 4.79 Å². The van der Waals surface area contributed by atoms with Crippen molar-refractivity contribution in [3.8, 4) is 17.2 Å². The number of benzene rings is 1. The third kappa shape index (κ3) is 3.78. The summed E-state index contributed by atoms with van der Waals surface area (Å²) < 4.78 is 15.6. The van der Waals surface area contributed by atoms with Gasteiger partial charge in [-0.15, -0.1) is 0 Å². The molecule has 0 saturated heterocycles. The monoisotopic (exact) mass is 298 g/mol. The van der Waals surface area contributed by atoms with Gasteiger partial charge in [0.2, 0.25) is 5.75 Å². The van der Waals surface area contributed by atoms with Crippen molar-refractivity contribution in [2.24, 2.45) is 5.92 Å². The molecule has 0 amide bonds. The summed E-state index contributed by atoms with van der Waals surface area (Å²) in [6.45, 7) is 1.87. The number of aliphatic hydroxyl groups excluding tert-OH is 1. The molecule has 0 aromatic heterocycles. The van der Waals surface area contributed by atoms with Crippen molar-refractivity contribution in [3.63, 3.8) is 0 Å². The van der Waals surface area contributed by atoms with Crippen LogP contribution in [-0.2, 0) is 4.79 Å². The van der Waals surface area contributed by atoms with E-state index in [0.717, 1.165) is 0 Å². The van der Waals surface area contributed by atoms with Crippen LogP contribution in [0.1, 0.15) is 31.4 Å². The molecule has 2 N–H and O–H groups in total. The Morgan fingerprint density at radius 1 is 1.14 bits per heavy atom. The second-order valence-electron chi connectivity index (χ2n) is 4.64. The maximum absolute atomic E-state index is 11.3. The van der Waals surface area contributed by atoms with Crippen molar-refractivity contribution >= 4 is 5.97 Å². The Morgan fingerprint density at radius 2 is 1.67 bits per heavy atom. The molecule has 0 fully saturated rings. The normalized spacial score (nSPS) is 13.4. The fraction of sp³-hybridized carbons (Fsp3) is 0.533. The Labute approximate surface area is 124 Å². The molecule has 6 heteroatoms. The number of aliphatic carboxylic acids is 1. The number of aliphatic hydroxyl groups is 1. The van der Waals surface area contributed by atoms with Crippen LogP contribution in [0.25, 0.3) is 0 Å². The van der Waals surface area contributed by atoms with E-state index in [1.807, 2.05) is 6.92 Å². The van der Waals surface area contributed by atoms with Gasteiger partial charge in [0.15, 0.2) is 11.5 Å². The van der Waals surface area contributed by atoms with E-state index < -0.39 is 18.0 Å². The quantitative estimate of drug-likeness (QED) is 0.765. The van der Waals surface area contributed by atoms with Gasteiger partial charge >= 0.3 is 5.97 Å². The van der Waals surface area contributed by atoms with Gasteiger partial charge < -0.3 is 24.4 Å². The molecule has 1 rings (SSSR count). The van der Waals surface area contributed by atoms with Crippen molar-refractivity contribution in [1.29, 1.82) is 0 Å². The van der Waals surface area contributed by atoms with Crippen LogP contribution in [0.2, 0.25) is 0 Å². The highest BCUT2D eigenvalue weighted by atomic mass is 16.5. The highest BCUT2D eigenvalue weighted by Gasteiger charge is 2.28. The Morgan fingerprint density at radius 3 is 2.00 bits per heavy atom. The van der Waals surface area contributed by atoms with E-state index in [0.29, 0.717) is 35.7 Å². The highest BCUT2D eigenvalue weighted by molar-refractivity contribution is 5.71. The summed E-state index contributed by atoms with van der Waals surface area (Å²) in [5.74, 6) is -0.743. The van der Waals surface area contributed by atoms with Gasteiger partial charge in [0.05, 0.1) is 33.4 Å². The lowest BCUT2D eigenvalue weighted by Gasteiger charge is -2.21. The zero-order valence-electron chi connectivity index (χ0n) is 12.8. The number of methoxy groups -OCH3 is 3. The lowest BCUT2D eigenvalue weighted by Crippen LogP contribution is -2.22. The molecule has 0 saturated carbocycles. The van der Waals surface area contributed by atoms with E-state index in [2.05, 4.69) is 0 Å². The standard InChI is InChI=1S/C15H22O6/c1-5-6-10(15(17)18)13(16)9-7-11(19-2)14(21-4)12(8-9)20-3/h7-8,10,13,16H,5-6H2,1-4H3,(H,17,18). The predicted molar refractivity (Wildman–Crippen MR) is 77.1 cm³/mol. The summed E-state index contributed by atoms with van der Waals surface area (Å²) in [6.07, 6.45) is -0.0952. The zero-order chi connectivity index (χ0) is 16.0. The average Bonchev–Trinajstić information content (AvgIpc) is 2.49. The van der Waals surface area contributed by atoms with Crippen molar-refractivity contribution in [2.75, 3.05) is 21.3 Å². The first-order chi connectivity index (χ1) is 9.99. The van der Waals surface area contributed by atoms with Gasteiger partial charge in [-0.2, -0.15) is 0 Å². The molecule has 6 nitrogen and oxygen atoms in total.